The van der Waals surface area contributed by atoms with E-state index in [0.717, 1.165) is 5.56 Å². The molecule has 0 aliphatic heterocycles. The summed E-state index contributed by atoms with van der Waals surface area (Å²) < 4.78 is 0. The van der Waals surface area contributed by atoms with Crippen LogP contribution in [0.25, 0.3) is 0 Å². The Bertz CT molecular complexity index is 454. The van der Waals surface area contributed by atoms with Gasteiger partial charge in [0.15, 0.2) is 0 Å². The molecule has 0 radical (unpaired) electrons. The number of carbonyl (C=O) groups is 1. The zero-order valence-electron chi connectivity index (χ0n) is 9.07. The Labute approximate surface area is 98.7 Å². The first-order valence-electron chi connectivity index (χ1n) is 5.07. The maximum atomic E-state index is 11.0. The number of hydrogen-bond donors (Lipinski definition) is 2. The van der Waals surface area contributed by atoms with E-state index < -0.39 is 11.9 Å². The lowest BCUT2D eigenvalue weighted by Gasteiger charge is -2.05. The molecule has 1 saturated carbocycles. The van der Waals surface area contributed by atoms with Crippen molar-refractivity contribution in [3.05, 3.63) is 28.8 Å². The number of carboxylic acids is 1. The van der Waals surface area contributed by atoms with Crippen LogP contribution in [0.4, 0.5) is 0 Å². The first-order valence-corrected chi connectivity index (χ1v) is 5.44. The van der Waals surface area contributed by atoms with Crippen LogP contribution in [0, 0.1) is 11.3 Å². The highest BCUT2D eigenvalue weighted by molar-refractivity contribution is 6.31. The molecular formula is C12H13ClO3. The van der Waals surface area contributed by atoms with Gasteiger partial charge in [-0.15, -0.1) is 0 Å². The lowest BCUT2D eigenvalue weighted by Crippen LogP contribution is -2.03. The van der Waals surface area contributed by atoms with Gasteiger partial charge in [-0.3, -0.25) is 4.79 Å². The van der Waals surface area contributed by atoms with E-state index >= 15 is 0 Å². The Morgan fingerprint density at radius 3 is 2.50 bits per heavy atom. The largest absolute Gasteiger partial charge is 0.508 e. The Kier molecular flexibility index (Phi) is 2.39. The fourth-order valence-electron chi connectivity index (χ4n) is 2.45. The van der Waals surface area contributed by atoms with Crippen LogP contribution >= 0.6 is 11.6 Å². The minimum atomic E-state index is -0.792. The molecule has 2 rings (SSSR count). The van der Waals surface area contributed by atoms with Crippen molar-refractivity contribution in [2.75, 3.05) is 0 Å². The molecular weight excluding hydrogens is 228 g/mol. The molecule has 2 N–H and O–H groups in total. The standard InChI is InChI=1S/C12H13ClO3/c1-12(2)9(10(12)11(15)16)7-4-3-6(14)5-8(7)13/h3-5,9-10,14H,1-2H3,(H,15,16). The topological polar surface area (TPSA) is 57.5 Å². The fraction of sp³-hybridized carbons (Fsp3) is 0.417. The van der Waals surface area contributed by atoms with Gasteiger partial charge in [-0.05, 0) is 23.1 Å². The summed E-state index contributed by atoms with van der Waals surface area (Å²) >= 11 is 6.01. The smallest absolute Gasteiger partial charge is 0.307 e. The third kappa shape index (κ3) is 1.55. The zero-order valence-corrected chi connectivity index (χ0v) is 9.82. The second-order valence-corrected chi connectivity index (χ2v) is 5.23. The van der Waals surface area contributed by atoms with E-state index in [1.807, 2.05) is 13.8 Å². The molecule has 1 fully saturated rings. The number of aliphatic carboxylic acids is 1. The number of phenolic OH excluding ortho intramolecular Hbond substituents is 1. The Morgan fingerprint density at radius 2 is 2.06 bits per heavy atom. The number of hydrogen-bond acceptors (Lipinski definition) is 2. The normalized spacial score (nSPS) is 26.4. The number of aromatic hydroxyl groups is 1. The molecule has 2 unspecified atom stereocenters. The summed E-state index contributed by atoms with van der Waals surface area (Å²) in [6.45, 7) is 3.83. The van der Waals surface area contributed by atoms with E-state index in [1.54, 1.807) is 6.07 Å². The molecule has 0 saturated heterocycles. The van der Waals surface area contributed by atoms with Gasteiger partial charge in [0.05, 0.1) is 5.92 Å². The van der Waals surface area contributed by atoms with Crippen molar-refractivity contribution in [2.24, 2.45) is 11.3 Å². The summed E-state index contributed by atoms with van der Waals surface area (Å²) in [6.07, 6.45) is 0. The van der Waals surface area contributed by atoms with Crippen LogP contribution in [0.1, 0.15) is 25.3 Å². The molecule has 1 aliphatic carbocycles. The van der Waals surface area contributed by atoms with Crippen LogP contribution in [-0.2, 0) is 4.79 Å². The Balaban J connectivity index is 2.37. The highest BCUT2D eigenvalue weighted by Gasteiger charge is 2.63. The second-order valence-electron chi connectivity index (χ2n) is 4.82. The number of phenols is 1. The zero-order chi connectivity index (χ0) is 12.1. The molecule has 0 heterocycles. The Hall–Kier alpha value is -1.22. The Morgan fingerprint density at radius 1 is 1.44 bits per heavy atom. The van der Waals surface area contributed by atoms with E-state index in [9.17, 15) is 9.90 Å². The molecule has 1 aromatic carbocycles. The third-order valence-corrected chi connectivity index (χ3v) is 3.74. The number of halogens is 1. The van der Waals surface area contributed by atoms with Gasteiger partial charge in [0.25, 0.3) is 0 Å². The molecule has 2 atom stereocenters. The molecule has 86 valence electrons. The van der Waals surface area contributed by atoms with Crippen LogP contribution in [0.15, 0.2) is 18.2 Å². The minimum absolute atomic E-state index is 0.0712. The number of benzene rings is 1. The first kappa shape index (κ1) is 11.3. The van der Waals surface area contributed by atoms with Crippen LogP contribution in [0.5, 0.6) is 5.75 Å². The van der Waals surface area contributed by atoms with E-state index in [2.05, 4.69) is 0 Å². The van der Waals surface area contributed by atoms with Crippen molar-refractivity contribution in [3.63, 3.8) is 0 Å². The van der Waals surface area contributed by atoms with Crippen LogP contribution in [-0.4, -0.2) is 16.2 Å². The summed E-state index contributed by atoms with van der Waals surface area (Å²) in [7, 11) is 0. The molecule has 1 aliphatic rings. The minimum Gasteiger partial charge on any atom is -0.508 e. The van der Waals surface area contributed by atoms with Crippen molar-refractivity contribution in [1.29, 1.82) is 0 Å². The average Bonchev–Trinajstić information content (AvgIpc) is 2.69. The maximum Gasteiger partial charge on any atom is 0.307 e. The molecule has 0 spiro atoms. The summed E-state index contributed by atoms with van der Waals surface area (Å²) in [5.41, 5.74) is 0.531. The van der Waals surface area contributed by atoms with E-state index in [-0.39, 0.29) is 17.1 Å². The summed E-state index contributed by atoms with van der Waals surface area (Å²) in [6, 6.07) is 4.69. The van der Waals surface area contributed by atoms with Gasteiger partial charge in [0, 0.05) is 10.9 Å². The molecule has 4 heteroatoms. The van der Waals surface area contributed by atoms with Crippen LogP contribution in [0.2, 0.25) is 5.02 Å². The molecule has 0 aromatic heterocycles. The molecule has 1 aromatic rings. The summed E-state index contributed by atoms with van der Waals surface area (Å²) in [5.74, 6) is -1.16. The van der Waals surface area contributed by atoms with Gasteiger partial charge in [-0.25, -0.2) is 0 Å². The average molecular weight is 241 g/mol. The molecule has 0 amide bonds. The van der Waals surface area contributed by atoms with Crippen molar-refractivity contribution in [3.8, 4) is 5.75 Å². The van der Waals surface area contributed by atoms with Crippen molar-refractivity contribution >= 4 is 17.6 Å². The van der Waals surface area contributed by atoms with Crippen molar-refractivity contribution in [1.82, 2.24) is 0 Å². The summed E-state index contributed by atoms with van der Waals surface area (Å²) in [4.78, 5) is 11.0. The molecule has 3 nitrogen and oxygen atoms in total. The predicted octanol–water partition coefficient (Wildman–Crippen LogP) is 2.87. The van der Waals surface area contributed by atoms with Gasteiger partial charge in [-0.1, -0.05) is 31.5 Å². The van der Waals surface area contributed by atoms with Gasteiger partial charge in [-0.2, -0.15) is 0 Å². The lowest BCUT2D eigenvalue weighted by molar-refractivity contribution is -0.139. The molecule has 16 heavy (non-hydrogen) atoms. The van der Waals surface area contributed by atoms with Gasteiger partial charge in [0.2, 0.25) is 0 Å². The van der Waals surface area contributed by atoms with E-state index in [4.69, 9.17) is 16.7 Å². The highest BCUT2D eigenvalue weighted by atomic mass is 35.5. The van der Waals surface area contributed by atoms with Crippen LogP contribution < -0.4 is 0 Å². The van der Waals surface area contributed by atoms with Crippen molar-refractivity contribution in [2.45, 2.75) is 19.8 Å². The lowest BCUT2D eigenvalue weighted by atomic mass is 10.0. The quantitative estimate of drug-likeness (QED) is 0.836. The second kappa shape index (κ2) is 3.39. The number of carboxylic acid groups (broad SMARTS) is 1. The maximum absolute atomic E-state index is 11.0. The van der Waals surface area contributed by atoms with Crippen LogP contribution in [0.3, 0.4) is 0 Å². The third-order valence-electron chi connectivity index (χ3n) is 3.41. The monoisotopic (exact) mass is 240 g/mol. The van der Waals surface area contributed by atoms with Gasteiger partial charge < -0.3 is 10.2 Å². The SMILES string of the molecule is CC1(C)C(C(=O)O)C1c1ccc(O)cc1Cl. The fourth-order valence-corrected chi connectivity index (χ4v) is 2.74. The highest BCUT2D eigenvalue weighted by Crippen LogP contribution is 2.65. The number of rotatable bonds is 2. The van der Waals surface area contributed by atoms with E-state index in [0.29, 0.717) is 5.02 Å². The predicted molar refractivity (Wildman–Crippen MR) is 60.8 cm³/mol. The summed E-state index contributed by atoms with van der Waals surface area (Å²) in [5, 5.41) is 18.7. The van der Waals surface area contributed by atoms with E-state index in [1.165, 1.54) is 12.1 Å². The van der Waals surface area contributed by atoms with Gasteiger partial charge >= 0.3 is 5.97 Å². The van der Waals surface area contributed by atoms with Gasteiger partial charge in [0.1, 0.15) is 5.75 Å². The first-order chi connectivity index (χ1) is 7.35. The van der Waals surface area contributed by atoms with Crippen molar-refractivity contribution < 1.29 is 15.0 Å². The molecule has 0 bridgehead atoms.